The lowest BCUT2D eigenvalue weighted by molar-refractivity contribution is -0.137. The van der Waals surface area contributed by atoms with E-state index < -0.39 is 15.8 Å². The number of aryl methyl sites for hydroxylation is 1. The third-order valence-corrected chi connectivity index (χ3v) is 7.54. The van der Waals surface area contributed by atoms with Crippen LogP contribution < -0.4 is 0 Å². The Morgan fingerprint density at radius 2 is 1.78 bits per heavy atom. The summed E-state index contributed by atoms with van der Waals surface area (Å²) in [5, 5.41) is 10.3. The molecule has 5 nitrogen and oxygen atoms in total. The number of sulfone groups is 1. The number of hydrogen-bond acceptors (Lipinski definition) is 4. The van der Waals surface area contributed by atoms with Crippen molar-refractivity contribution < 1.29 is 18.3 Å². The van der Waals surface area contributed by atoms with Gasteiger partial charge in [-0.1, -0.05) is 30.8 Å². The average Bonchev–Trinajstić information content (AvgIpc) is 2.88. The quantitative estimate of drug-likeness (QED) is 0.664. The molecule has 7 heteroatoms. The topological polar surface area (TPSA) is 76.4 Å². The van der Waals surface area contributed by atoms with Gasteiger partial charge in [0.25, 0.3) is 0 Å². The van der Waals surface area contributed by atoms with Gasteiger partial charge in [-0.3, -0.25) is 4.79 Å². The smallest absolute Gasteiger partial charge is 0.323 e. The van der Waals surface area contributed by atoms with E-state index in [2.05, 4.69) is 0 Å². The van der Waals surface area contributed by atoms with Gasteiger partial charge in [0.05, 0.1) is 16.2 Å². The minimum atomic E-state index is -3.23. The van der Waals surface area contributed by atoms with Crippen LogP contribution in [-0.4, -0.2) is 29.8 Å². The SMILES string of the molecule is CCS(=O)(=O)c1ccc(Sc2c(C)n(CC(=O)O)c3cccc(C)c23)cc1. The Labute approximate surface area is 162 Å². The van der Waals surface area contributed by atoms with Crippen LogP contribution in [0.5, 0.6) is 0 Å². The molecule has 0 aliphatic rings. The first kappa shape index (κ1) is 19.5. The van der Waals surface area contributed by atoms with Crippen LogP contribution in [0.15, 0.2) is 57.2 Å². The molecule has 2 aromatic carbocycles. The van der Waals surface area contributed by atoms with E-state index in [4.69, 9.17) is 0 Å². The fourth-order valence-electron chi connectivity index (χ4n) is 3.12. The number of carbonyl (C=O) groups is 1. The molecule has 0 radical (unpaired) electrons. The molecule has 0 atom stereocenters. The first-order chi connectivity index (χ1) is 12.7. The van der Waals surface area contributed by atoms with Crippen molar-refractivity contribution in [1.82, 2.24) is 4.57 Å². The number of rotatable bonds is 6. The number of aliphatic carboxylic acids is 1. The molecule has 142 valence electrons. The van der Waals surface area contributed by atoms with Crippen molar-refractivity contribution in [3.63, 3.8) is 0 Å². The van der Waals surface area contributed by atoms with Gasteiger partial charge in [0.1, 0.15) is 6.54 Å². The summed E-state index contributed by atoms with van der Waals surface area (Å²) in [5.41, 5.74) is 2.85. The zero-order chi connectivity index (χ0) is 19.8. The fourth-order valence-corrected chi connectivity index (χ4v) is 5.14. The van der Waals surface area contributed by atoms with Gasteiger partial charge < -0.3 is 9.67 Å². The molecule has 0 saturated heterocycles. The molecule has 1 aromatic heterocycles. The van der Waals surface area contributed by atoms with E-state index in [-0.39, 0.29) is 12.3 Å². The molecule has 0 unspecified atom stereocenters. The second kappa shape index (κ2) is 7.40. The molecule has 0 bridgehead atoms. The maximum Gasteiger partial charge on any atom is 0.323 e. The largest absolute Gasteiger partial charge is 0.480 e. The summed E-state index contributed by atoms with van der Waals surface area (Å²) in [4.78, 5) is 13.5. The van der Waals surface area contributed by atoms with E-state index in [0.29, 0.717) is 4.90 Å². The van der Waals surface area contributed by atoms with E-state index >= 15 is 0 Å². The van der Waals surface area contributed by atoms with Crippen LogP contribution >= 0.6 is 11.8 Å². The van der Waals surface area contributed by atoms with Crippen LogP contribution in [0.25, 0.3) is 10.9 Å². The lowest BCUT2D eigenvalue weighted by Gasteiger charge is -2.06. The van der Waals surface area contributed by atoms with Crippen LogP contribution in [0.2, 0.25) is 0 Å². The first-order valence-electron chi connectivity index (χ1n) is 8.55. The van der Waals surface area contributed by atoms with Crippen molar-refractivity contribution in [1.29, 1.82) is 0 Å². The van der Waals surface area contributed by atoms with Gasteiger partial charge in [0.15, 0.2) is 9.84 Å². The highest BCUT2D eigenvalue weighted by Gasteiger charge is 2.18. The number of aromatic nitrogens is 1. The van der Waals surface area contributed by atoms with Crippen LogP contribution in [0.3, 0.4) is 0 Å². The number of carboxylic acid groups (broad SMARTS) is 1. The Morgan fingerprint density at radius 1 is 1.11 bits per heavy atom. The van der Waals surface area contributed by atoms with Crippen molar-refractivity contribution in [2.75, 3.05) is 5.75 Å². The van der Waals surface area contributed by atoms with Gasteiger partial charge in [-0.05, 0) is 49.7 Å². The van der Waals surface area contributed by atoms with Crippen LogP contribution in [0.4, 0.5) is 0 Å². The molecule has 3 aromatic rings. The van der Waals surface area contributed by atoms with E-state index in [9.17, 15) is 18.3 Å². The third-order valence-electron chi connectivity index (χ3n) is 4.58. The molecule has 0 aliphatic heterocycles. The Kier molecular flexibility index (Phi) is 5.35. The fraction of sp³-hybridized carbons (Fsp3) is 0.250. The lowest BCUT2D eigenvalue weighted by Crippen LogP contribution is -2.09. The molecule has 1 N–H and O–H groups in total. The summed E-state index contributed by atoms with van der Waals surface area (Å²) in [7, 11) is -3.23. The van der Waals surface area contributed by atoms with Gasteiger partial charge in [-0.15, -0.1) is 0 Å². The number of nitrogens with zero attached hydrogens (tertiary/aromatic N) is 1. The molecule has 0 saturated carbocycles. The third kappa shape index (κ3) is 3.75. The molecule has 1 heterocycles. The molecule has 0 aliphatic carbocycles. The van der Waals surface area contributed by atoms with Crippen LogP contribution in [0.1, 0.15) is 18.2 Å². The molecule has 0 fully saturated rings. The summed E-state index contributed by atoms with van der Waals surface area (Å²) < 4.78 is 25.8. The lowest BCUT2D eigenvalue weighted by atomic mass is 10.1. The zero-order valence-electron chi connectivity index (χ0n) is 15.4. The molecule has 3 rings (SSSR count). The normalized spacial score (nSPS) is 11.8. The van der Waals surface area contributed by atoms with Crippen molar-refractivity contribution in [2.24, 2.45) is 0 Å². The maximum absolute atomic E-state index is 12.0. The van der Waals surface area contributed by atoms with Crippen LogP contribution in [-0.2, 0) is 21.2 Å². The number of hydrogen-bond donors (Lipinski definition) is 1. The van der Waals surface area contributed by atoms with Crippen molar-refractivity contribution in [3.05, 3.63) is 53.7 Å². The summed E-state index contributed by atoms with van der Waals surface area (Å²) in [6.07, 6.45) is 0. The second-order valence-corrected chi connectivity index (χ2v) is 9.70. The Morgan fingerprint density at radius 3 is 2.37 bits per heavy atom. The number of benzene rings is 2. The van der Waals surface area contributed by atoms with Crippen molar-refractivity contribution in [3.8, 4) is 0 Å². The first-order valence-corrected chi connectivity index (χ1v) is 11.0. The van der Waals surface area contributed by atoms with Crippen molar-refractivity contribution in [2.45, 2.75) is 42.0 Å². The van der Waals surface area contributed by atoms with Gasteiger partial charge >= 0.3 is 5.97 Å². The molecular weight excluding hydrogens is 382 g/mol. The number of fused-ring (bicyclic) bond motifs is 1. The molecular formula is C20H21NO4S2. The van der Waals surface area contributed by atoms with Gasteiger partial charge in [0, 0.05) is 20.9 Å². The minimum Gasteiger partial charge on any atom is -0.480 e. The minimum absolute atomic E-state index is 0.0699. The molecule has 27 heavy (non-hydrogen) atoms. The Bertz CT molecular complexity index is 1110. The van der Waals surface area contributed by atoms with E-state index in [1.165, 1.54) is 11.8 Å². The second-order valence-electron chi connectivity index (χ2n) is 6.34. The standard InChI is InChI=1S/C20H21NO4S2/c1-4-27(24,25)16-10-8-15(9-11-16)26-20-14(3)21(12-18(22)23)17-7-5-6-13(2)19(17)20/h5-11H,4,12H2,1-3H3,(H,22,23). The number of carboxylic acids is 1. The summed E-state index contributed by atoms with van der Waals surface area (Å²) >= 11 is 1.52. The summed E-state index contributed by atoms with van der Waals surface area (Å²) in [5.74, 6) is -0.817. The molecule has 0 amide bonds. The predicted molar refractivity (Wildman–Crippen MR) is 107 cm³/mol. The van der Waals surface area contributed by atoms with E-state index in [1.807, 2.05) is 36.6 Å². The Hall–Kier alpha value is -2.25. The van der Waals surface area contributed by atoms with E-state index in [0.717, 1.165) is 32.0 Å². The monoisotopic (exact) mass is 403 g/mol. The zero-order valence-corrected chi connectivity index (χ0v) is 17.0. The van der Waals surface area contributed by atoms with Gasteiger partial charge in [-0.2, -0.15) is 0 Å². The average molecular weight is 404 g/mol. The highest BCUT2D eigenvalue weighted by atomic mass is 32.2. The van der Waals surface area contributed by atoms with Crippen molar-refractivity contribution >= 4 is 38.5 Å². The summed E-state index contributed by atoms with van der Waals surface area (Å²) in [6.45, 7) is 5.45. The predicted octanol–water partition coefficient (Wildman–Crippen LogP) is 4.29. The highest BCUT2D eigenvalue weighted by Crippen LogP contribution is 2.40. The molecule has 0 spiro atoms. The maximum atomic E-state index is 12.0. The van der Waals surface area contributed by atoms with Gasteiger partial charge in [-0.25, -0.2) is 8.42 Å². The van der Waals surface area contributed by atoms with Gasteiger partial charge in [0.2, 0.25) is 0 Å². The summed E-state index contributed by atoms with van der Waals surface area (Å²) in [6, 6.07) is 12.7. The van der Waals surface area contributed by atoms with E-state index in [1.54, 1.807) is 31.2 Å². The Balaban J connectivity index is 2.07. The highest BCUT2D eigenvalue weighted by molar-refractivity contribution is 7.99. The van der Waals surface area contributed by atoms with Crippen LogP contribution in [0, 0.1) is 13.8 Å².